The van der Waals surface area contributed by atoms with Crippen LogP contribution in [-0.2, 0) is 4.79 Å². The van der Waals surface area contributed by atoms with Crippen molar-refractivity contribution in [2.45, 2.75) is 57.2 Å². The Morgan fingerprint density at radius 1 is 1.31 bits per heavy atom. The molecule has 4 atom stereocenters. The molecule has 92 valence electrons. The lowest BCUT2D eigenvalue weighted by Crippen LogP contribution is -2.61. The monoisotopic (exact) mass is 228 g/mol. The molecule has 2 rings (SSSR count). The summed E-state index contributed by atoms with van der Waals surface area (Å²) in [5.74, 6) is -1.36. The van der Waals surface area contributed by atoms with Gasteiger partial charge in [0.05, 0.1) is 17.6 Å². The summed E-state index contributed by atoms with van der Waals surface area (Å²) in [6, 6.07) is 0. The lowest BCUT2D eigenvalue weighted by atomic mass is 9.54. The number of aliphatic hydroxyl groups is 2. The van der Waals surface area contributed by atoms with Crippen LogP contribution in [0.5, 0.6) is 0 Å². The summed E-state index contributed by atoms with van der Waals surface area (Å²) in [7, 11) is 0. The van der Waals surface area contributed by atoms with Gasteiger partial charge in [-0.3, -0.25) is 4.79 Å². The smallest absolute Gasteiger partial charge is 0.306 e. The molecule has 2 fully saturated rings. The molecule has 0 aromatic rings. The van der Waals surface area contributed by atoms with Crippen LogP contribution in [0.2, 0.25) is 0 Å². The Bertz CT molecular complexity index is 303. The molecular weight excluding hydrogens is 208 g/mol. The third kappa shape index (κ3) is 1.55. The highest BCUT2D eigenvalue weighted by Crippen LogP contribution is 2.54. The molecule has 4 nitrogen and oxygen atoms in total. The van der Waals surface area contributed by atoms with Gasteiger partial charge in [0, 0.05) is 0 Å². The van der Waals surface area contributed by atoms with Crippen molar-refractivity contribution < 1.29 is 20.1 Å². The first-order chi connectivity index (χ1) is 7.39. The van der Waals surface area contributed by atoms with Gasteiger partial charge in [0.2, 0.25) is 0 Å². The van der Waals surface area contributed by atoms with E-state index < -0.39 is 23.6 Å². The number of hydrogen-bond donors (Lipinski definition) is 3. The minimum absolute atomic E-state index is 0.194. The van der Waals surface area contributed by atoms with Crippen LogP contribution in [0.15, 0.2) is 0 Å². The molecule has 0 saturated heterocycles. The van der Waals surface area contributed by atoms with E-state index >= 15 is 0 Å². The molecule has 0 spiro atoms. The highest BCUT2D eigenvalue weighted by molar-refractivity contribution is 5.70. The number of carboxylic acid groups (broad SMARTS) is 1. The molecule has 3 N–H and O–H groups in total. The van der Waals surface area contributed by atoms with Crippen LogP contribution in [-0.4, -0.2) is 33.0 Å². The molecule has 0 radical (unpaired) electrons. The first kappa shape index (κ1) is 11.9. The molecule has 2 aliphatic rings. The van der Waals surface area contributed by atoms with Gasteiger partial charge in [-0.05, 0) is 37.5 Å². The molecule has 16 heavy (non-hydrogen) atoms. The third-order valence-corrected chi connectivity index (χ3v) is 4.75. The summed E-state index contributed by atoms with van der Waals surface area (Å²) in [6.45, 7) is 1.98. The van der Waals surface area contributed by atoms with Crippen LogP contribution < -0.4 is 0 Å². The second kappa shape index (κ2) is 3.70. The lowest BCUT2D eigenvalue weighted by molar-refractivity contribution is -0.209. The van der Waals surface area contributed by atoms with Crippen LogP contribution >= 0.6 is 0 Å². The number of fused-ring (bicyclic) bond motifs is 1. The lowest BCUT2D eigenvalue weighted by Gasteiger charge is -2.55. The molecule has 4 heteroatoms. The first-order valence-electron chi connectivity index (χ1n) is 6.02. The number of hydrogen-bond acceptors (Lipinski definition) is 3. The van der Waals surface area contributed by atoms with E-state index in [9.17, 15) is 15.0 Å². The van der Waals surface area contributed by atoms with Crippen molar-refractivity contribution in [3.63, 3.8) is 0 Å². The number of carbonyl (C=O) groups is 1. The first-order valence-corrected chi connectivity index (χ1v) is 6.02. The Morgan fingerprint density at radius 2 is 2.00 bits per heavy atom. The van der Waals surface area contributed by atoms with Crippen molar-refractivity contribution >= 4 is 5.97 Å². The van der Waals surface area contributed by atoms with Crippen LogP contribution in [0.25, 0.3) is 0 Å². The van der Waals surface area contributed by atoms with E-state index in [1.54, 1.807) is 0 Å². The summed E-state index contributed by atoms with van der Waals surface area (Å²) < 4.78 is 0. The Morgan fingerprint density at radius 3 is 2.62 bits per heavy atom. The van der Waals surface area contributed by atoms with E-state index in [4.69, 9.17) is 5.11 Å². The fourth-order valence-electron chi connectivity index (χ4n) is 3.45. The summed E-state index contributed by atoms with van der Waals surface area (Å²) >= 11 is 0. The topological polar surface area (TPSA) is 77.8 Å². The number of aliphatic hydroxyl groups excluding tert-OH is 1. The standard InChI is InChI=1S/C12H20O4/c1-11-5-2-3-9(13)12(11,16)7-8(4-6-11)10(14)15/h8-9,13,16H,2-7H2,1H3,(H,14,15)/t8-,9+,11-,12-/m1/s1. The van der Waals surface area contributed by atoms with Crippen molar-refractivity contribution in [1.29, 1.82) is 0 Å². The predicted molar refractivity (Wildman–Crippen MR) is 57.9 cm³/mol. The Kier molecular flexibility index (Phi) is 2.75. The van der Waals surface area contributed by atoms with E-state index in [0.29, 0.717) is 19.3 Å². The molecule has 0 heterocycles. The van der Waals surface area contributed by atoms with Gasteiger partial charge >= 0.3 is 5.97 Å². The predicted octanol–water partition coefficient (Wildman–Crippen LogP) is 1.15. The zero-order valence-corrected chi connectivity index (χ0v) is 9.65. The van der Waals surface area contributed by atoms with E-state index in [2.05, 4.69) is 0 Å². The van der Waals surface area contributed by atoms with Crippen molar-refractivity contribution in [2.24, 2.45) is 11.3 Å². The number of aliphatic carboxylic acids is 1. The quantitative estimate of drug-likeness (QED) is 0.629. The second-order valence-electron chi connectivity index (χ2n) is 5.67. The molecule has 0 bridgehead atoms. The molecule has 0 amide bonds. The number of rotatable bonds is 1. The van der Waals surface area contributed by atoms with Gasteiger partial charge in [0.15, 0.2) is 0 Å². The van der Waals surface area contributed by atoms with E-state index in [0.717, 1.165) is 12.8 Å². The van der Waals surface area contributed by atoms with Gasteiger partial charge in [0.1, 0.15) is 0 Å². The maximum Gasteiger partial charge on any atom is 0.306 e. The Balaban J connectivity index is 2.26. The Labute approximate surface area is 95.3 Å². The molecule has 0 aromatic carbocycles. The van der Waals surface area contributed by atoms with Crippen molar-refractivity contribution in [2.75, 3.05) is 0 Å². The van der Waals surface area contributed by atoms with Gasteiger partial charge in [-0.15, -0.1) is 0 Å². The molecule has 2 aliphatic carbocycles. The summed E-state index contributed by atoms with van der Waals surface area (Å²) in [5.41, 5.74) is -1.51. The minimum atomic E-state index is -1.20. The fraction of sp³-hybridized carbons (Fsp3) is 0.917. The summed E-state index contributed by atoms with van der Waals surface area (Å²) in [6.07, 6.45) is 3.11. The third-order valence-electron chi connectivity index (χ3n) is 4.75. The van der Waals surface area contributed by atoms with Crippen molar-refractivity contribution in [3.8, 4) is 0 Å². The van der Waals surface area contributed by atoms with Gasteiger partial charge in [-0.2, -0.15) is 0 Å². The van der Waals surface area contributed by atoms with Crippen LogP contribution in [0, 0.1) is 11.3 Å². The number of carboxylic acids is 1. The normalized spacial score (nSPS) is 48.4. The molecule has 0 aliphatic heterocycles. The highest BCUT2D eigenvalue weighted by Gasteiger charge is 2.57. The SMILES string of the molecule is C[C@]12CCC[C@H](O)[C@]1(O)C[C@H](C(=O)O)CC2. The molecule has 0 unspecified atom stereocenters. The fourth-order valence-corrected chi connectivity index (χ4v) is 3.45. The van der Waals surface area contributed by atoms with E-state index in [1.165, 1.54) is 0 Å². The van der Waals surface area contributed by atoms with E-state index in [-0.39, 0.29) is 11.8 Å². The zero-order chi connectivity index (χ0) is 12.0. The molecular formula is C12H20O4. The Hall–Kier alpha value is -0.610. The van der Waals surface area contributed by atoms with E-state index in [1.807, 2.05) is 6.92 Å². The zero-order valence-electron chi connectivity index (χ0n) is 9.65. The average molecular weight is 228 g/mol. The van der Waals surface area contributed by atoms with Gasteiger partial charge < -0.3 is 15.3 Å². The van der Waals surface area contributed by atoms with Gasteiger partial charge in [0.25, 0.3) is 0 Å². The largest absolute Gasteiger partial charge is 0.481 e. The molecule has 0 aromatic heterocycles. The maximum atomic E-state index is 11.0. The van der Waals surface area contributed by atoms with Gasteiger partial charge in [-0.25, -0.2) is 0 Å². The highest BCUT2D eigenvalue weighted by atomic mass is 16.4. The van der Waals surface area contributed by atoms with Crippen LogP contribution in [0.4, 0.5) is 0 Å². The average Bonchev–Trinajstić information content (AvgIpc) is 2.20. The van der Waals surface area contributed by atoms with Crippen LogP contribution in [0.1, 0.15) is 45.4 Å². The van der Waals surface area contributed by atoms with Crippen molar-refractivity contribution in [1.82, 2.24) is 0 Å². The van der Waals surface area contributed by atoms with Crippen molar-refractivity contribution in [3.05, 3.63) is 0 Å². The minimum Gasteiger partial charge on any atom is -0.481 e. The molecule has 2 saturated carbocycles. The summed E-state index contributed by atoms with van der Waals surface area (Å²) in [4.78, 5) is 11.0. The summed E-state index contributed by atoms with van der Waals surface area (Å²) in [5, 5.41) is 29.6. The van der Waals surface area contributed by atoms with Crippen LogP contribution in [0.3, 0.4) is 0 Å². The second-order valence-corrected chi connectivity index (χ2v) is 5.67. The maximum absolute atomic E-state index is 11.0. The van der Waals surface area contributed by atoms with Gasteiger partial charge in [-0.1, -0.05) is 13.3 Å².